The van der Waals surface area contributed by atoms with Gasteiger partial charge in [0.1, 0.15) is 0 Å². The maximum Gasteiger partial charge on any atom is 0.151 e. The summed E-state index contributed by atoms with van der Waals surface area (Å²) in [7, 11) is 1.89. The molecule has 0 spiro atoms. The highest BCUT2D eigenvalue weighted by Crippen LogP contribution is 2.30. The van der Waals surface area contributed by atoms with Crippen LogP contribution in [0.4, 0.5) is 4.39 Å². The van der Waals surface area contributed by atoms with Crippen LogP contribution in [0.1, 0.15) is 11.3 Å². The number of fused-ring (bicyclic) bond motifs is 1. The fourth-order valence-corrected chi connectivity index (χ4v) is 2.08. The molecule has 2 N–H and O–H groups in total. The number of benzene rings is 1. The van der Waals surface area contributed by atoms with E-state index in [2.05, 4.69) is 0 Å². The second-order valence-corrected chi connectivity index (χ2v) is 3.99. The predicted molar refractivity (Wildman–Crippen MR) is 60.5 cm³/mol. The Morgan fingerprint density at radius 2 is 2.13 bits per heavy atom. The van der Waals surface area contributed by atoms with E-state index in [9.17, 15) is 4.39 Å². The number of hydrogen-bond acceptors (Lipinski definition) is 1. The number of hydrogen-bond donors (Lipinski definition) is 1. The van der Waals surface area contributed by atoms with E-state index in [1.165, 1.54) is 0 Å². The Morgan fingerprint density at radius 3 is 2.73 bits per heavy atom. The maximum absolute atomic E-state index is 13.8. The normalized spacial score (nSPS) is 11.3. The van der Waals surface area contributed by atoms with Crippen molar-refractivity contribution in [3.63, 3.8) is 0 Å². The van der Waals surface area contributed by atoms with Crippen molar-refractivity contribution in [1.82, 2.24) is 4.57 Å². The summed E-state index contributed by atoms with van der Waals surface area (Å²) in [6.45, 7) is 2.25. The molecule has 0 saturated carbocycles. The van der Waals surface area contributed by atoms with Gasteiger partial charge in [-0.3, -0.25) is 0 Å². The molecule has 0 bridgehead atoms. The van der Waals surface area contributed by atoms with Crippen molar-refractivity contribution < 1.29 is 4.39 Å². The van der Waals surface area contributed by atoms with E-state index in [1.54, 1.807) is 6.07 Å². The number of aromatic nitrogens is 1. The molecule has 0 saturated heterocycles. The van der Waals surface area contributed by atoms with Crippen molar-refractivity contribution in [2.24, 2.45) is 12.8 Å². The Morgan fingerprint density at radius 1 is 1.47 bits per heavy atom. The summed E-state index contributed by atoms with van der Waals surface area (Å²) in [5.41, 5.74) is 8.26. The Bertz CT molecular complexity index is 531. The topological polar surface area (TPSA) is 30.9 Å². The first-order chi connectivity index (χ1) is 7.07. The van der Waals surface area contributed by atoms with Crippen molar-refractivity contribution in [3.8, 4) is 0 Å². The van der Waals surface area contributed by atoms with Crippen LogP contribution in [-0.2, 0) is 13.6 Å². The molecule has 1 heterocycles. The van der Waals surface area contributed by atoms with Gasteiger partial charge in [0, 0.05) is 24.7 Å². The standard InChI is InChI=1S/C11H12ClFN2/c1-6-7(5-14)10-9(15(6)2)4-3-8(12)11(10)13/h3-4H,5,14H2,1-2H3. The molecule has 80 valence electrons. The first-order valence-electron chi connectivity index (χ1n) is 4.69. The average molecular weight is 227 g/mol. The van der Waals surface area contributed by atoms with E-state index in [0.717, 1.165) is 16.8 Å². The number of aryl methyl sites for hydroxylation is 1. The van der Waals surface area contributed by atoms with Gasteiger partial charge in [0.05, 0.1) is 10.5 Å². The fraction of sp³-hybridized carbons (Fsp3) is 0.273. The highest BCUT2D eigenvalue weighted by Gasteiger charge is 2.16. The maximum atomic E-state index is 13.8. The zero-order chi connectivity index (χ0) is 11.2. The monoisotopic (exact) mass is 226 g/mol. The van der Waals surface area contributed by atoms with Gasteiger partial charge in [0.25, 0.3) is 0 Å². The smallest absolute Gasteiger partial charge is 0.151 e. The zero-order valence-electron chi connectivity index (χ0n) is 8.64. The molecule has 2 rings (SSSR count). The van der Waals surface area contributed by atoms with Gasteiger partial charge in [-0.05, 0) is 24.6 Å². The lowest BCUT2D eigenvalue weighted by Crippen LogP contribution is -1.99. The second-order valence-electron chi connectivity index (χ2n) is 3.58. The van der Waals surface area contributed by atoms with Crippen LogP contribution >= 0.6 is 11.6 Å². The summed E-state index contributed by atoms with van der Waals surface area (Å²) in [5, 5.41) is 0.688. The minimum atomic E-state index is -0.377. The van der Waals surface area contributed by atoms with Gasteiger partial charge in [-0.25, -0.2) is 4.39 Å². The molecule has 0 aliphatic rings. The van der Waals surface area contributed by atoms with Crippen LogP contribution in [0.5, 0.6) is 0 Å². The summed E-state index contributed by atoms with van der Waals surface area (Å²) < 4.78 is 15.8. The molecule has 0 amide bonds. The minimum Gasteiger partial charge on any atom is -0.348 e. The molecular weight excluding hydrogens is 215 g/mol. The van der Waals surface area contributed by atoms with Crippen LogP contribution in [0, 0.1) is 12.7 Å². The summed E-state index contributed by atoms with van der Waals surface area (Å²) >= 11 is 5.75. The van der Waals surface area contributed by atoms with Crippen LogP contribution in [0.15, 0.2) is 12.1 Å². The lowest BCUT2D eigenvalue weighted by molar-refractivity contribution is 0.639. The Balaban J connectivity index is 2.98. The molecule has 0 radical (unpaired) electrons. The first-order valence-corrected chi connectivity index (χ1v) is 5.07. The molecule has 0 aliphatic heterocycles. The van der Waals surface area contributed by atoms with Gasteiger partial charge in [-0.2, -0.15) is 0 Å². The molecule has 0 fully saturated rings. The largest absolute Gasteiger partial charge is 0.348 e. The van der Waals surface area contributed by atoms with Crippen LogP contribution in [-0.4, -0.2) is 4.57 Å². The number of halogens is 2. The summed E-state index contributed by atoms with van der Waals surface area (Å²) in [4.78, 5) is 0. The fourth-order valence-electron chi connectivity index (χ4n) is 1.92. The number of rotatable bonds is 1. The Hall–Kier alpha value is -1.06. The molecule has 2 aromatic rings. The molecule has 15 heavy (non-hydrogen) atoms. The molecule has 2 nitrogen and oxygen atoms in total. The van der Waals surface area contributed by atoms with Crippen LogP contribution in [0.25, 0.3) is 10.9 Å². The van der Waals surface area contributed by atoms with Gasteiger partial charge in [-0.15, -0.1) is 0 Å². The van der Waals surface area contributed by atoms with E-state index in [0.29, 0.717) is 11.9 Å². The third-order valence-corrected chi connectivity index (χ3v) is 3.17. The molecule has 4 heteroatoms. The van der Waals surface area contributed by atoms with E-state index in [4.69, 9.17) is 17.3 Å². The van der Waals surface area contributed by atoms with Crippen molar-refractivity contribution in [2.75, 3.05) is 0 Å². The third kappa shape index (κ3) is 1.34. The van der Waals surface area contributed by atoms with Gasteiger partial charge in [0.2, 0.25) is 0 Å². The summed E-state index contributed by atoms with van der Waals surface area (Å²) in [6.07, 6.45) is 0. The van der Waals surface area contributed by atoms with Gasteiger partial charge >= 0.3 is 0 Å². The highest BCUT2D eigenvalue weighted by molar-refractivity contribution is 6.31. The van der Waals surface area contributed by atoms with Crippen molar-refractivity contribution >= 4 is 22.5 Å². The van der Waals surface area contributed by atoms with E-state index >= 15 is 0 Å². The SMILES string of the molecule is Cc1c(CN)c2c(F)c(Cl)ccc2n1C. The average Bonchev–Trinajstić information content (AvgIpc) is 2.47. The van der Waals surface area contributed by atoms with Gasteiger partial charge in [-0.1, -0.05) is 11.6 Å². The van der Waals surface area contributed by atoms with Crippen LogP contribution in [0.3, 0.4) is 0 Å². The van der Waals surface area contributed by atoms with Crippen molar-refractivity contribution in [1.29, 1.82) is 0 Å². The van der Waals surface area contributed by atoms with Gasteiger partial charge < -0.3 is 10.3 Å². The van der Waals surface area contributed by atoms with Crippen molar-refractivity contribution in [2.45, 2.75) is 13.5 Å². The quantitative estimate of drug-likeness (QED) is 0.797. The summed E-state index contributed by atoms with van der Waals surface area (Å²) in [6, 6.07) is 3.38. The van der Waals surface area contributed by atoms with Crippen LogP contribution < -0.4 is 5.73 Å². The third-order valence-electron chi connectivity index (χ3n) is 2.88. The minimum absolute atomic E-state index is 0.141. The number of nitrogens with zero attached hydrogens (tertiary/aromatic N) is 1. The molecule has 1 aromatic carbocycles. The van der Waals surface area contributed by atoms with E-state index in [1.807, 2.05) is 24.6 Å². The lowest BCUT2D eigenvalue weighted by atomic mass is 10.1. The zero-order valence-corrected chi connectivity index (χ0v) is 9.40. The highest BCUT2D eigenvalue weighted by atomic mass is 35.5. The van der Waals surface area contributed by atoms with Gasteiger partial charge in [0.15, 0.2) is 5.82 Å². The Labute approximate surface area is 92.4 Å². The Kier molecular flexibility index (Phi) is 2.44. The number of nitrogens with two attached hydrogens (primary N) is 1. The molecule has 1 aromatic heterocycles. The van der Waals surface area contributed by atoms with E-state index < -0.39 is 0 Å². The van der Waals surface area contributed by atoms with E-state index in [-0.39, 0.29) is 10.8 Å². The lowest BCUT2D eigenvalue weighted by Gasteiger charge is -1.99. The molecular formula is C11H12ClFN2. The predicted octanol–water partition coefficient (Wildman–Crippen LogP) is 2.74. The summed E-state index contributed by atoms with van der Waals surface area (Å²) in [5.74, 6) is -0.377. The molecule has 0 aliphatic carbocycles. The second kappa shape index (κ2) is 3.51. The first kappa shape index (κ1) is 10.5. The molecule has 0 unspecified atom stereocenters. The van der Waals surface area contributed by atoms with Crippen LogP contribution in [0.2, 0.25) is 5.02 Å². The van der Waals surface area contributed by atoms with Crippen molar-refractivity contribution in [3.05, 3.63) is 34.2 Å². The molecule has 0 atom stereocenters.